The van der Waals surface area contributed by atoms with E-state index in [1.807, 2.05) is 30.3 Å². The van der Waals surface area contributed by atoms with Crippen LogP contribution in [0.15, 0.2) is 42.5 Å². The smallest absolute Gasteiger partial charge is 0.252 e. The molecule has 2 atom stereocenters. The van der Waals surface area contributed by atoms with E-state index in [0.29, 0.717) is 18.4 Å². The topological polar surface area (TPSA) is 89.3 Å². The first-order chi connectivity index (χ1) is 11.6. The summed E-state index contributed by atoms with van der Waals surface area (Å²) in [6.07, 6.45) is 2.29. The molecule has 2 aromatic carbocycles. The molecule has 24 heavy (non-hydrogen) atoms. The van der Waals surface area contributed by atoms with Crippen LogP contribution in [0.4, 0.5) is 0 Å². The van der Waals surface area contributed by atoms with Gasteiger partial charge in [0.05, 0.1) is 0 Å². The summed E-state index contributed by atoms with van der Waals surface area (Å²) in [4.78, 5) is 36.2. The van der Waals surface area contributed by atoms with E-state index in [1.54, 1.807) is 12.1 Å². The number of carbonyl (C=O) groups is 3. The van der Waals surface area contributed by atoms with Gasteiger partial charge in [0, 0.05) is 18.4 Å². The molecule has 0 aromatic heterocycles. The van der Waals surface area contributed by atoms with Crippen molar-refractivity contribution in [3.8, 4) is 0 Å². The number of fused-ring (bicyclic) bond motifs is 1. The number of Topliss-reactive ketones (excluding diaryl/α,β-unsaturated/α-hetero) is 1. The molecule has 3 rings (SSSR count). The molecule has 2 aromatic rings. The lowest BCUT2D eigenvalue weighted by Gasteiger charge is -2.28. The molecule has 0 unspecified atom stereocenters. The van der Waals surface area contributed by atoms with Crippen LogP contribution in [0.25, 0.3) is 10.8 Å². The maximum Gasteiger partial charge on any atom is 0.252 e. The Labute approximate surface area is 140 Å². The molecule has 3 N–H and O–H groups in total. The third-order valence-corrected chi connectivity index (χ3v) is 4.62. The third-order valence-electron chi connectivity index (χ3n) is 4.62. The van der Waals surface area contributed by atoms with Crippen LogP contribution >= 0.6 is 0 Å². The third kappa shape index (κ3) is 3.30. The molecule has 0 saturated heterocycles. The van der Waals surface area contributed by atoms with Gasteiger partial charge < -0.3 is 11.1 Å². The first-order valence-electron chi connectivity index (χ1n) is 8.16. The van der Waals surface area contributed by atoms with E-state index in [9.17, 15) is 14.4 Å². The Morgan fingerprint density at radius 1 is 1.12 bits per heavy atom. The molecule has 124 valence electrons. The summed E-state index contributed by atoms with van der Waals surface area (Å²) in [6.45, 7) is 0. The average Bonchev–Trinajstić information content (AvgIpc) is 2.58. The van der Waals surface area contributed by atoms with Gasteiger partial charge in [-0.25, -0.2) is 0 Å². The minimum Gasteiger partial charge on any atom is -0.368 e. The molecule has 5 nitrogen and oxygen atoms in total. The predicted octanol–water partition coefficient (Wildman–Crippen LogP) is 2.18. The van der Waals surface area contributed by atoms with E-state index in [4.69, 9.17) is 5.73 Å². The lowest BCUT2D eigenvalue weighted by atomic mass is 9.82. The first-order valence-corrected chi connectivity index (χ1v) is 8.16. The molecule has 0 spiro atoms. The van der Waals surface area contributed by atoms with Crippen LogP contribution in [-0.4, -0.2) is 23.6 Å². The van der Waals surface area contributed by atoms with Crippen LogP contribution in [0.3, 0.4) is 0 Å². The number of rotatable bonds is 4. The van der Waals surface area contributed by atoms with Crippen LogP contribution in [0.1, 0.15) is 36.0 Å². The predicted molar refractivity (Wildman–Crippen MR) is 91.4 cm³/mol. The normalized spacial score (nSPS) is 19.0. The van der Waals surface area contributed by atoms with E-state index in [-0.39, 0.29) is 17.6 Å². The molecule has 1 fully saturated rings. The van der Waals surface area contributed by atoms with Crippen molar-refractivity contribution in [3.05, 3.63) is 48.0 Å². The summed E-state index contributed by atoms with van der Waals surface area (Å²) in [7, 11) is 0. The minimum atomic E-state index is -0.819. The maximum atomic E-state index is 12.7. The standard InChI is InChI=1S/C19H20N2O3/c20-18(23)17(13-7-3-8-14(22)11-13)21-19(24)16-10-4-6-12-5-1-2-9-15(12)16/h1-2,4-6,9-10,13,17H,3,7-8,11H2,(H2,20,23)(H,21,24)/t13-,17+/m1/s1. The van der Waals surface area contributed by atoms with Gasteiger partial charge >= 0.3 is 0 Å². The van der Waals surface area contributed by atoms with Crippen LogP contribution < -0.4 is 11.1 Å². The molecule has 0 aliphatic heterocycles. The number of hydrogen-bond donors (Lipinski definition) is 2. The van der Waals surface area contributed by atoms with E-state index in [0.717, 1.165) is 23.6 Å². The summed E-state index contributed by atoms with van der Waals surface area (Å²) in [6, 6.07) is 12.2. The number of carbonyl (C=O) groups excluding carboxylic acids is 3. The highest BCUT2D eigenvalue weighted by atomic mass is 16.2. The highest BCUT2D eigenvalue weighted by Crippen LogP contribution is 2.25. The Balaban J connectivity index is 1.85. The number of benzene rings is 2. The minimum absolute atomic E-state index is 0.122. The Kier molecular flexibility index (Phi) is 4.60. The summed E-state index contributed by atoms with van der Waals surface area (Å²) in [5.41, 5.74) is 5.99. The molecule has 1 aliphatic carbocycles. The van der Waals surface area contributed by atoms with Crippen molar-refractivity contribution in [2.75, 3.05) is 0 Å². The van der Waals surface area contributed by atoms with Crippen molar-refractivity contribution >= 4 is 28.4 Å². The molecular weight excluding hydrogens is 304 g/mol. The van der Waals surface area contributed by atoms with Crippen LogP contribution in [-0.2, 0) is 9.59 Å². The lowest BCUT2D eigenvalue weighted by molar-refractivity contribution is -0.124. The van der Waals surface area contributed by atoms with Crippen LogP contribution in [0.2, 0.25) is 0 Å². The summed E-state index contributed by atoms with van der Waals surface area (Å²) < 4.78 is 0. The number of ketones is 1. The van der Waals surface area contributed by atoms with Crippen LogP contribution in [0.5, 0.6) is 0 Å². The summed E-state index contributed by atoms with van der Waals surface area (Å²) >= 11 is 0. The number of primary amides is 1. The van der Waals surface area contributed by atoms with Gasteiger partial charge in [0.2, 0.25) is 5.91 Å². The largest absolute Gasteiger partial charge is 0.368 e. The number of nitrogens with two attached hydrogens (primary N) is 1. The fourth-order valence-corrected chi connectivity index (χ4v) is 3.41. The lowest BCUT2D eigenvalue weighted by Crippen LogP contribution is -2.50. The van der Waals surface area contributed by atoms with Crippen molar-refractivity contribution in [2.45, 2.75) is 31.7 Å². The molecule has 0 bridgehead atoms. The SMILES string of the molecule is NC(=O)[C@@H](NC(=O)c1cccc2ccccc12)[C@@H]1CCCC(=O)C1. The van der Waals surface area contributed by atoms with E-state index in [2.05, 4.69) is 5.32 Å². The highest BCUT2D eigenvalue weighted by molar-refractivity contribution is 6.08. The highest BCUT2D eigenvalue weighted by Gasteiger charge is 2.32. The number of amides is 2. The monoisotopic (exact) mass is 324 g/mol. The molecule has 2 amide bonds. The Morgan fingerprint density at radius 3 is 2.62 bits per heavy atom. The van der Waals surface area contributed by atoms with Crippen molar-refractivity contribution < 1.29 is 14.4 Å². The fourth-order valence-electron chi connectivity index (χ4n) is 3.41. The molecule has 1 saturated carbocycles. The first kappa shape index (κ1) is 16.2. The van der Waals surface area contributed by atoms with E-state index in [1.165, 1.54) is 0 Å². The zero-order valence-corrected chi connectivity index (χ0v) is 13.3. The fraction of sp³-hybridized carbons (Fsp3) is 0.316. The van der Waals surface area contributed by atoms with Crippen molar-refractivity contribution in [1.82, 2.24) is 5.32 Å². The van der Waals surface area contributed by atoms with Gasteiger partial charge in [-0.3, -0.25) is 14.4 Å². The number of hydrogen-bond acceptors (Lipinski definition) is 3. The zero-order valence-electron chi connectivity index (χ0n) is 13.3. The van der Waals surface area contributed by atoms with Gasteiger partial charge in [-0.15, -0.1) is 0 Å². The second-order valence-electron chi connectivity index (χ2n) is 6.28. The van der Waals surface area contributed by atoms with Crippen molar-refractivity contribution in [1.29, 1.82) is 0 Å². The molecule has 1 aliphatic rings. The summed E-state index contributed by atoms with van der Waals surface area (Å²) in [5.74, 6) is -1.03. The van der Waals surface area contributed by atoms with Gasteiger partial charge in [-0.1, -0.05) is 36.4 Å². The van der Waals surface area contributed by atoms with Crippen molar-refractivity contribution in [2.24, 2.45) is 11.7 Å². The second-order valence-corrected chi connectivity index (χ2v) is 6.28. The van der Waals surface area contributed by atoms with Gasteiger partial charge in [0.25, 0.3) is 5.91 Å². The van der Waals surface area contributed by atoms with Gasteiger partial charge in [-0.2, -0.15) is 0 Å². The molecular formula is C19H20N2O3. The van der Waals surface area contributed by atoms with Gasteiger partial charge in [0.1, 0.15) is 11.8 Å². The maximum absolute atomic E-state index is 12.7. The average molecular weight is 324 g/mol. The Morgan fingerprint density at radius 2 is 1.88 bits per heavy atom. The zero-order chi connectivity index (χ0) is 17.1. The second kappa shape index (κ2) is 6.83. The van der Waals surface area contributed by atoms with E-state index >= 15 is 0 Å². The van der Waals surface area contributed by atoms with E-state index < -0.39 is 11.9 Å². The van der Waals surface area contributed by atoms with Gasteiger partial charge in [-0.05, 0) is 35.6 Å². The Hall–Kier alpha value is -2.69. The quantitative estimate of drug-likeness (QED) is 0.903. The molecule has 5 heteroatoms. The number of nitrogens with one attached hydrogen (secondary N) is 1. The Bertz CT molecular complexity index is 795. The molecule has 0 radical (unpaired) electrons. The van der Waals surface area contributed by atoms with Gasteiger partial charge in [0.15, 0.2) is 0 Å². The van der Waals surface area contributed by atoms with Crippen LogP contribution in [0, 0.1) is 5.92 Å². The summed E-state index contributed by atoms with van der Waals surface area (Å²) in [5, 5.41) is 4.52. The van der Waals surface area contributed by atoms with Crippen molar-refractivity contribution in [3.63, 3.8) is 0 Å². The molecule has 0 heterocycles.